The molecule has 0 bridgehead atoms. The molecule has 0 unspecified atom stereocenters. The summed E-state index contributed by atoms with van der Waals surface area (Å²) in [5.41, 5.74) is 0.864. The fourth-order valence-corrected chi connectivity index (χ4v) is 3.26. The van der Waals surface area contributed by atoms with Gasteiger partial charge in [0.15, 0.2) is 6.61 Å². The van der Waals surface area contributed by atoms with Crippen LogP contribution in [0.1, 0.15) is 23.2 Å². The van der Waals surface area contributed by atoms with E-state index in [2.05, 4.69) is 10.3 Å². The molecule has 1 fully saturated rings. The van der Waals surface area contributed by atoms with Crippen LogP contribution in [-0.4, -0.2) is 47.4 Å². The van der Waals surface area contributed by atoms with E-state index in [0.717, 1.165) is 5.69 Å². The first-order chi connectivity index (χ1) is 13.9. The SMILES string of the molecule is O=C(OCC(=O)N1CCC(C(=O)Nc2ccccc2)CC1)c1cnc(Cl)c(Cl)c1. The fourth-order valence-electron chi connectivity index (χ4n) is 2.99. The van der Waals surface area contributed by atoms with E-state index in [4.69, 9.17) is 27.9 Å². The summed E-state index contributed by atoms with van der Waals surface area (Å²) in [5, 5.41) is 3.09. The van der Waals surface area contributed by atoms with Crippen molar-refractivity contribution in [3.8, 4) is 0 Å². The second-order valence-corrected chi connectivity index (χ2v) is 7.35. The van der Waals surface area contributed by atoms with Crippen molar-refractivity contribution < 1.29 is 19.1 Å². The molecule has 1 aromatic heterocycles. The number of anilines is 1. The molecule has 1 saturated heterocycles. The van der Waals surface area contributed by atoms with Gasteiger partial charge >= 0.3 is 5.97 Å². The number of aromatic nitrogens is 1. The van der Waals surface area contributed by atoms with Gasteiger partial charge in [0.05, 0.1) is 10.6 Å². The minimum atomic E-state index is -0.707. The molecule has 1 aromatic carbocycles. The average molecular weight is 436 g/mol. The number of carbonyl (C=O) groups excluding carboxylic acids is 3. The van der Waals surface area contributed by atoms with Crippen molar-refractivity contribution in [2.75, 3.05) is 25.0 Å². The first-order valence-electron chi connectivity index (χ1n) is 9.06. The van der Waals surface area contributed by atoms with E-state index < -0.39 is 5.97 Å². The zero-order chi connectivity index (χ0) is 20.8. The van der Waals surface area contributed by atoms with Crippen LogP contribution in [0.5, 0.6) is 0 Å². The van der Waals surface area contributed by atoms with Crippen LogP contribution in [0.25, 0.3) is 0 Å². The molecule has 7 nitrogen and oxygen atoms in total. The minimum absolute atomic E-state index is 0.0538. The Kier molecular flexibility index (Phi) is 7.06. The number of piperidine rings is 1. The molecule has 1 aliphatic rings. The number of nitrogens with zero attached hydrogens (tertiary/aromatic N) is 2. The Morgan fingerprint density at radius 2 is 1.83 bits per heavy atom. The van der Waals surface area contributed by atoms with E-state index in [1.807, 2.05) is 30.3 Å². The number of ether oxygens (including phenoxy) is 1. The summed E-state index contributed by atoms with van der Waals surface area (Å²) in [6, 6.07) is 10.6. The zero-order valence-corrected chi connectivity index (χ0v) is 16.9. The number of carbonyl (C=O) groups is 3. The molecule has 2 heterocycles. The summed E-state index contributed by atoms with van der Waals surface area (Å²) in [5.74, 6) is -1.24. The Balaban J connectivity index is 1.44. The number of para-hydroxylation sites is 1. The molecule has 0 aliphatic carbocycles. The van der Waals surface area contributed by atoms with Crippen LogP contribution < -0.4 is 5.32 Å². The smallest absolute Gasteiger partial charge is 0.340 e. The largest absolute Gasteiger partial charge is 0.452 e. The Hall–Kier alpha value is -2.64. The third kappa shape index (κ3) is 5.68. The number of esters is 1. The lowest BCUT2D eigenvalue weighted by atomic mass is 9.95. The van der Waals surface area contributed by atoms with Crippen molar-refractivity contribution in [1.29, 1.82) is 0 Å². The average Bonchev–Trinajstić information content (AvgIpc) is 2.74. The highest BCUT2D eigenvalue weighted by atomic mass is 35.5. The maximum Gasteiger partial charge on any atom is 0.340 e. The van der Waals surface area contributed by atoms with Crippen molar-refractivity contribution in [1.82, 2.24) is 9.88 Å². The minimum Gasteiger partial charge on any atom is -0.452 e. The molecule has 3 rings (SSSR count). The van der Waals surface area contributed by atoms with E-state index in [9.17, 15) is 14.4 Å². The van der Waals surface area contributed by atoms with Crippen molar-refractivity contribution in [3.63, 3.8) is 0 Å². The monoisotopic (exact) mass is 435 g/mol. The molecule has 0 saturated carbocycles. The first kappa shape index (κ1) is 21.1. The van der Waals surface area contributed by atoms with Gasteiger partial charge in [-0.1, -0.05) is 41.4 Å². The van der Waals surface area contributed by atoms with Gasteiger partial charge in [0.1, 0.15) is 5.15 Å². The second-order valence-electron chi connectivity index (χ2n) is 6.58. The molecule has 2 aromatic rings. The number of likely N-dealkylation sites (tertiary alicyclic amines) is 1. The summed E-state index contributed by atoms with van der Waals surface area (Å²) < 4.78 is 5.04. The predicted molar refractivity (Wildman–Crippen MR) is 109 cm³/mol. The number of hydrogen-bond acceptors (Lipinski definition) is 5. The molecule has 1 N–H and O–H groups in total. The second kappa shape index (κ2) is 9.71. The third-order valence-corrected chi connectivity index (χ3v) is 5.30. The standard InChI is InChI=1S/C20H19Cl2N3O4/c21-16-10-14(11-23-18(16)22)20(28)29-12-17(26)25-8-6-13(7-9-25)19(27)24-15-4-2-1-3-5-15/h1-5,10-11,13H,6-9,12H2,(H,24,27). The summed E-state index contributed by atoms with van der Waals surface area (Å²) in [6.45, 7) is 0.467. The Bertz CT molecular complexity index is 900. The van der Waals surface area contributed by atoms with E-state index in [1.165, 1.54) is 12.3 Å². The van der Waals surface area contributed by atoms with Crippen molar-refractivity contribution in [2.24, 2.45) is 5.92 Å². The summed E-state index contributed by atoms with van der Waals surface area (Å²) >= 11 is 11.5. The van der Waals surface area contributed by atoms with Crippen LogP contribution in [0.2, 0.25) is 10.2 Å². The molecule has 0 atom stereocenters. The van der Waals surface area contributed by atoms with Crippen molar-refractivity contribution in [2.45, 2.75) is 12.8 Å². The molecule has 29 heavy (non-hydrogen) atoms. The highest BCUT2D eigenvalue weighted by Gasteiger charge is 2.28. The van der Waals surface area contributed by atoms with Crippen LogP contribution in [0.3, 0.4) is 0 Å². The summed E-state index contributed by atoms with van der Waals surface area (Å²) in [7, 11) is 0. The van der Waals surface area contributed by atoms with Gasteiger partial charge in [0.25, 0.3) is 5.91 Å². The lowest BCUT2D eigenvalue weighted by Crippen LogP contribution is -2.43. The van der Waals surface area contributed by atoms with Crippen LogP contribution in [0.15, 0.2) is 42.6 Å². The Labute approximate surface area is 178 Å². The molecule has 2 amide bonds. The van der Waals surface area contributed by atoms with E-state index in [0.29, 0.717) is 25.9 Å². The molecule has 1 aliphatic heterocycles. The number of halogens is 2. The maximum atomic E-state index is 12.4. The van der Waals surface area contributed by atoms with Crippen LogP contribution in [0.4, 0.5) is 5.69 Å². The van der Waals surface area contributed by atoms with Crippen LogP contribution in [-0.2, 0) is 14.3 Å². The van der Waals surface area contributed by atoms with Gasteiger partial charge in [-0.25, -0.2) is 9.78 Å². The lowest BCUT2D eigenvalue weighted by molar-refractivity contribution is -0.137. The van der Waals surface area contributed by atoms with Gasteiger partial charge in [0, 0.05) is 30.9 Å². The quantitative estimate of drug-likeness (QED) is 0.573. The van der Waals surface area contributed by atoms with Gasteiger partial charge in [-0.05, 0) is 31.0 Å². The summed E-state index contributed by atoms with van der Waals surface area (Å²) in [6.07, 6.45) is 2.34. The molecule has 0 spiro atoms. The van der Waals surface area contributed by atoms with Crippen LogP contribution in [0, 0.1) is 5.92 Å². The molecular weight excluding hydrogens is 417 g/mol. The number of hydrogen-bond donors (Lipinski definition) is 1. The zero-order valence-electron chi connectivity index (χ0n) is 15.4. The van der Waals surface area contributed by atoms with Gasteiger partial charge in [0.2, 0.25) is 5.91 Å². The first-order valence-corrected chi connectivity index (χ1v) is 9.81. The molecule has 152 valence electrons. The number of pyridine rings is 1. The molecular formula is C20H19Cl2N3O4. The predicted octanol–water partition coefficient (Wildman–Crippen LogP) is 3.42. The van der Waals surface area contributed by atoms with Gasteiger partial charge < -0.3 is 15.0 Å². The Morgan fingerprint density at radius 1 is 1.14 bits per heavy atom. The highest BCUT2D eigenvalue weighted by molar-refractivity contribution is 6.41. The van der Waals surface area contributed by atoms with Crippen molar-refractivity contribution >= 4 is 46.7 Å². The molecule has 0 radical (unpaired) electrons. The topological polar surface area (TPSA) is 88.6 Å². The number of amides is 2. The number of rotatable bonds is 5. The number of nitrogens with one attached hydrogen (secondary N) is 1. The Morgan fingerprint density at radius 3 is 2.48 bits per heavy atom. The lowest BCUT2D eigenvalue weighted by Gasteiger charge is -2.31. The third-order valence-electron chi connectivity index (χ3n) is 4.62. The normalized spacial score (nSPS) is 14.3. The highest BCUT2D eigenvalue weighted by Crippen LogP contribution is 2.21. The van der Waals surface area contributed by atoms with Crippen LogP contribution >= 0.6 is 23.2 Å². The van der Waals surface area contributed by atoms with Crippen molar-refractivity contribution in [3.05, 3.63) is 58.3 Å². The summed E-state index contributed by atoms with van der Waals surface area (Å²) in [4.78, 5) is 42.0. The van der Waals surface area contributed by atoms with Gasteiger partial charge in [-0.15, -0.1) is 0 Å². The van der Waals surface area contributed by atoms with Gasteiger partial charge in [-0.2, -0.15) is 0 Å². The van der Waals surface area contributed by atoms with E-state index in [1.54, 1.807) is 4.90 Å². The fraction of sp³-hybridized carbons (Fsp3) is 0.300. The maximum absolute atomic E-state index is 12.4. The molecule has 9 heteroatoms. The van der Waals surface area contributed by atoms with E-state index in [-0.39, 0.29) is 40.1 Å². The van der Waals surface area contributed by atoms with Gasteiger partial charge in [-0.3, -0.25) is 9.59 Å². The number of benzene rings is 1. The van der Waals surface area contributed by atoms with E-state index >= 15 is 0 Å².